The minimum absolute atomic E-state index is 0.0248. The fourth-order valence-electron chi connectivity index (χ4n) is 4.59. The van der Waals surface area contributed by atoms with Gasteiger partial charge in [0.1, 0.15) is 5.69 Å². The van der Waals surface area contributed by atoms with Gasteiger partial charge in [0.05, 0.1) is 16.7 Å². The summed E-state index contributed by atoms with van der Waals surface area (Å²) in [5.41, 5.74) is 8.04. The van der Waals surface area contributed by atoms with Gasteiger partial charge in [0.2, 0.25) is 5.91 Å². The number of nitrogens with one attached hydrogen (secondary N) is 1. The van der Waals surface area contributed by atoms with E-state index in [1.807, 2.05) is 12.1 Å². The normalized spacial score (nSPS) is 15.6. The first-order chi connectivity index (χ1) is 16.8. The third-order valence-electron chi connectivity index (χ3n) is 6.13. The maximum atomic E-state index is 12.8. The lowest BCUT2D eigenvalue weighted by Gasteiger charge is -2.19. The Balaban J connectivity index is 0.000000338. The second kappa shape index (κ2) is 10.3. The maximum absolute atomic E-state index is 12.8. The fraction of sp³-hybridized carbons (Fsp3) is 0.308. The number of aromatic carboxylic acids is 1. The second-order valence-electron chi connectivity index (χ2n) is 9.35. The summed E-state index contributed by atoms with van der Waals surface area (Å²) >= 11 is 0. The Bertz CT molecular complexity index is 1320. The van der Waals surface area contributed by atoms with Gasteiger partial charge in [0, 0.05) is 18.9 Å². The zero-order valence-electron chi connectivity index (χ0n) is 20.4. The lowest BCUT2D eigenvalue weighted by Crippen LogP contribution is -2.21. The van der Waals surface area contributed by atoms with E-state index in [9.17, 15) is 23.2 Å². The largest absolute Gasteiger partial charge is 0.478 e. The van der Waals surface area contributed by atoms with Gasteiger partial charge in [-0.3, -0.25) is 14.3 Å². The summed E-state index contributed by atoms with van der Waals surface area (Å²) in [6, 6.07) is 10.8. The molecule has 4 rings (SSSR count). The maximum Gasteiger partial charge on any atom is 0.335 e. The number of aromatic nitrogens is 2. The number of nitrogens with two attached hydrogens (primary N) is 1. The summed E-state index contributed by atoms with van der Waals surface area (Å²) in [4.78, 5) is 35.7. The number of hydrogen-bond donors (Lipinski definition) is 3. The van der Waals surface area contributed by atoms with Gasteiger partial charge < -0.3 is 16.2 Å². The third-order valence-corrected chi connectivity index (χ3v) is 6.13. The Kier molecular flexibility index (Phi) is 7.57. The highest BCUT2D eigenvalue weighted by atomic mass is 19.3. The van der Waals surface area contributed by atoms with E-state index in [1.54, 1.807) is 7.05 Å². The highest BCUT2D eigenvalue weighted by Gasteiger charge is 2.36. The van der Waals surface area contributed by atoms with Gasteiger partial charge in [-0.25, -0.2) is 13.6 Å². The van der Waals surface area contributed by atoms with Crippen LogP contribution in [0.1, 0.15) is 87.4 Å². The molecular formula is C26H28F2N4O4. The SMILES string of the molecule is CC1CC(C)(C)c2cccc(NC(=O)c3ccc(C(=O)O)cc3C(N)=O)c21.Cn1ccc(C(F)F)n1. The number of rotatable bonds is 5. The Labute approximate surface area is 207 Å². The van der Waals surface area contributed by atoms with Crippen LogP contribution in [-0.2, 0) is 12.5 Å². The minimum Gasteiger partial charge on any atom is -0.478 e. The number of primary amides is 1. The van der Waals surface area contributed by atoms with Gasteiger partial charge in [0.25, 0.3) is 12.3 Å². The molecule has 2 amide bonds. The van der Waals surface area contributed by atoms with Crippen molar-refractivity contribution >= 4 is 23.5 Å². The van der Waals surface area contributed by atoms with Crippen LogP contribution in [0, 0.1) is 0 Å². The van der Waals surface area contributed by atoms with Crippen molar-refractivity contribution < 1.29 is 28.3 Å². The fourth-order valence-corrected chi connectivity index (χ4v) is 4.59. The average molecular weight is 499 g/mol. The summed E-state index contributed by atoms with van der Waals surface area (Å²) in [6.45, 7) is 6.48. The summed E-state index contributed by atoms with van der Waals surface area (Å²) in [6.07, 6.45) is 0.0162. The van der Waals surface area contributed by atoms with E-state index in [1.165, 1.54) is 34.6 Å². The van der Waals surface area contributed by atoms with E-state index in [4.69, 9.17) is 10.8 Å². The Morgan fingerprint density at radius 3 is 2.39 bits per heavy atom. The van der Waals surface area contributed by atoms with Crippen LogP contribution in [0.15, 0.2) is 48.7 Å². The third kappa shape index (κ3) is 5.59. The van der Waals surface area contributed by atoms with Crippen LogP contribution < -0.4 is 11.1 Å². The van der Waals surface area contributed by atoms with Crippen LogP contribution in [-0.4, -0.2) is 32.7 Å². The monoisotopic (exact) mass is 498 g/mol. The molecule has 1 aromatic heterocycles. The van der Waals surface area contributed by atoms with Gasteiger partial charge in [-0.05, 0) is 59.2 Å². The molecule has 1 atom stereocenters. The van der Waals surface area contributed by atoms with E-state index < -0.39 is 24.2 Å². The van der Waals surface area contributed by atoms with Crippen molar-refractivity contribution in [3.63, 3.8) is 0 Å². The number of aryl methyl sites for hydroxylation is 1. The number of fused-ring (bicyclic) bond motifs is 1. The quantitative estimate of drug-likeness (QED) is 0.462. The molecule has 1 heterocycles. The van der Waals surface area contributed by atoms with Crippen LogP contribution in [0.25, 0.3) is 0 Å². The molecular weight excluding hydrogens is 470 g/mol. The lowest BCUT2D eigenvalue weighted by atomic mass is 9.86. The van der Waals surface area contributed by atoms with E-state index in [-0.39, 0.29) is 33.7 Å². The zero-order chi connectivity index (χ0) is 26.8. The van der Waals surface area contributed by atoms with Crippen molar-refractivity contribution in [1.82, 2.24) is 9.78 Å². The first-order valence-electron chi connectivity index (χ1n) is 11.2. The molecule has 2 aromatic carbocycles. The van der Waals surface area contributed by atoms with E-state index >= 15 is 0 Å². The molecule has 0 radical (unpaired) electrons. The average Bonchev–Trinajstić information content (AvgIpc) is 3.34. The lowest BCUT2D eigenvalue weighted by molar-refractivity contribution is 0.0696. The predicted octanol–water partition coefficient (Wildman–Crippen LogP) is 4.88. The van der Waals surface area contributed by atoms with Crippen molar-refractivity contribution in [2.45, 2.75) is 45.0 Å². The first kappa shape index (κ1) is 26.5. The molecule has 1 aliphatic rings. The number of carbonyl (C=O) groups excluding carboxylic acids is 2. The van der Waals surface area contributed by atoms with Crippen molar-refractivity contribution in [3.8, 4) is 0 Å². The van der Waals surface area contributed by atoms with Gasteiger partial charge in [-0.15, -0.1) is 0 Å². The molecule has 1 unspecified atom stereocenters. The number of benzene rings is 2. The molecule has 8 nitrogen and oxygen atoms in total. The molecule has 1 aliphatic carbocycles. The highest BCUT2D eigenvalue weighted by Crippen LogP contribution is 2.48. The topological polar surface area (TPSA) is 127 Å². The molecule has 0 bridgehead atoms. The Hall–Kier alpha value is -4.08. The molecule has 0 aliphatic heterocycles. The van der Waals surface area contributed by atoms with Crippen molar-refractivity contribution in [2.24, 2.45) is 12.8 Å². The summed E-state index contributed by atoms with van der Waals surface area (Å²) < 4.78 is 24.8. The summed E-state index contributed by atoms with van der Waals surface area (Å²) in [7, 11) is 1.60. The van der Waals surface area contributed by atoms with Gasteiger partial charge in [0.15, 0.2) is 0 Å². The number of carboxylic acids is 1. The predicted molar refractivity (Wildman–Crippen MR) is 131 cm³/mol. The number of halogens is 2. The van der Waals surface area contributed by atoms with Crippen LogP contribution >= 0.6 is 0 Å². The highest BCUT2D eigenvalue weighted by molar-refractivity contribution is 6.13. The zero-order valence-corrected chi connectivity index (χ0v) is 20.4. The molecule has 0 spiro atoms. The molecule has 0 saturated heterocycles. The second-order valence-corrected chi connectivity index (χ2v) is 9.35. The molecule has 3 aromatic rings. The van der Waals surface area contributed by atoms with Crippen molar-refractivity contribution in [3.05, 3.63) is 82.2 Å². The number of carboxylic acid groups (broad SMARTS) is 1. The van der Waals surface area contributed by atoms with Crippen LogP contribution in [0.4, 0.5) is 14.5 Å². The molecule has 4 N–H and O–H groups in total. The van der Waals surface area contributed by atoms with Gasteiger partial charge >= 0.3 is 5.97 Å². The molecule has 36 heavy (non-hydrogen) atoms. The van der Waals surface area contributed by atoms with Gasteiger partial charge in [-0.2, -0.15) is 5.10 Å². The van der Waals surface area contributed by atoms with Crippen LogP contribution in [0.5, 0.6) is 0 Å². The van der Waals surface area contributed by atoms with Crippen molar-refractivity contribution in [2.75, 3.05) is 5.32 Å². The van der Waals surface area contributed by atoms with E-state index in [0.29, 0.717) is 5.69 Å². The summed E-state index contributed by atoms with van der Waals surface area (Å²) in [5, 5.41) is 15.4. The Morgan fingerprint density at radius 1 is 1.17 bits per heavy atom. The number of hydrogen-bond acceptors (Lipinski definition) is 4. The summed E-state index contributed by atoms with van der Waals surface area (Å²) in [5.74, 6) is -2.25. The van der Waals surface area contributed by atoms with Crippen LogP contribution in [0.2, 0.25) is 0 Å². The number of nitrogens with zero attached hydrogens (tertiary/aromatic N) is 2. The Morgan fingerprint density at radius 2 is 1.86 bits per heavy atom. The van der Waals surface area contributed by atoms with E-state index in [0.717, 1.165) is 18.1 Å². The first-order valence-corrected chi connectivity index (χ1v) is 11.2. The number of alkyl halides is 2. The smallest absolute Gasteiger partial charge is 0.335 e. The number of carbonyl (C=O) groups is 3. The molecule has 0 fully saturated rings. The minimum atomic E-state index is -2.45. The van der Waals surface area contributed by atoms with E-state index in [2.05, 4.69) is 37.3 Å². The van der Waals surface area contributed by atoms with Crippen molar-refractivity contribution in [1.29, 1.82) is 0 Å². The number of amides is 2. The van der Waals surface area contributed by atoms with Gasteiger partial charge in [-0.1, -0.05) is 32.9 Å². The molecule has 10 heteroatoms. The molecule has 0 saturated carbocycles. The van der Waals surface area contributed by atoms with Crippen LogP contribution in [0.3, 0.4) is 0 Å². The standard InChI is InChI=1S/C21H22N2O4.C5H6F2N2/c1-11-10-21(2,3)15-5-4-6-16(17(11)15)23-19(25)13-8-7-12(20(26)27)9-14(13)18(22)24;1-9-3-2-4(8-9)5(6)7/h4-9,11H,10H2,1-3H3,(H2,22,24)(H,23,25)(H,26,27);2-3,5H,1H3. The molecule has 190 valence electrons. The number of anilines is 1.